The summed E-state index contributed by atoms with van der Waals surface area (Å²) in [7, 11) is 0. The number of anilines is 1. The van der Waals surface area contributed by atoms with Crippen LogP contribution in [0.5, 0.6) is 5.75 Å². The third-order valence-corrected chi connectivity index (χ3v) is 5.02. The molecule has 1 amide bonds. The molecule has 9 nitrogen and oxygen atoms in total. The SMILES string of the molecule is Cc1nn(-c2ccc3nnc(C)n3n2)c2c1[C@H](c1ccc(O)cc1)CC(=O)N2. The number of benzene rings is 1. The molecule has 140 valence electrons. The molecule has 9 heteroatoms. The van der Waals surface area contributed by atoms with E-state index in [1.54, 1.807) is 27.4 Å². The van der Waals surface area contributed by atoms with Crippen molar-refractivity contribution in [2.75, 3.05) is 5.32 Å². The summed E-state index contributed by atoms with van der Waals surface area (Å²) >= 11 is 0. The smallest absolute Gasteiger partial charge is 0.226 e. The number of carbonyl (C=O) groups excluding carboxylic acids is 1. The van der Waals surface area contributed by atoms with Crippen molar-refractivity contribution in [1.29, 1.82) is 0 Å². The molecule has 1 aliphatic rings. The fraction of sp³-hybridized carbons (Fsp3) is 0.211. The van der Waals surface area contributed by atoms with Crippen LogP contribution >= 0.6 is 0 Å². The van der Waals surface area contributed by atoms with Crippen LogP contribution in [0.4, 0.5) is 5.82 Å². The minimum absolute atomic E-state index is 0.0896. The number of aromatic nitrogens is 6. The van der Waals surface area contributed by atoms with Crippen molar-refractivity contribution in [2.24, 2.45) is 0 Å². The van der Waals surface area contributed by atoms with Gasteiger partial charge in [-0.05, 0) is 43.7 Å². The summed E-state index contributed by atoms with van der Waals surface area (Å²) in [4.78, 5) is 12.4. The van der Waals surface area contributed by atoms with Gasteiger partial charge < -0.3 is 10.4 Å². The van der Waals surface area contributed by atoms with E-state index in [2.05, 4.69) is 25.7 Å². The molecule has 0 aliphatic carbocycles. The fourth-order valence-electron chi connectivity index (χ4n) is 3.70. The van der Waals surface area contributed by atoms with Crippen LogP contribution < -0.4 is 5.32 Å². The summed E-state index contributed by atoms with van der Waals surface area (Å²) in [6.07, 6.45) is 0.321. The van der Waals surface area contributed by atoms with E-state index in [-0.39, 0.29) is 17.6 Å². The molecule has 1 atom stereocenters. The maximum absolute atomic E-state index is 12.4. The lowest BCUT2D eigenvalue weighted by Gasteiger charge is -2.24. The number of rotatable bonds is 2. The summed E-state index contributed by atoms with van der Waals surface area (Å²) in [6, 6.07) is 10.5. The molecule has 5 rings (SSSR count). The molecule has 4 aromatic rings. The first kappa shape index (κ1) is 16.4. The molecular formula is C19H17N7O2. The molecule has 0 spiro atoms. The third kappa shape index (κ3) is 2.43. The third-order valence-electron chi connectivity index (χ3n) is 5.02. The van der Waals surface area contributed by atoms with Gasteiger partial charge in [0.1, 0.15) is 11.6 Å². The number of nitrogens with zero attached hydrogens (tertiary/aromatic N) is 6. The molecule has 2 N–H and O–H groups in total. The van der Waals surface area contributed by atoms with E-state index >= 15 is 0 Å². The average molecular weight is 375 g/mol. The Labute approximate surface area is 159 Å². The predicted octanol–water partition coefficient (Wildman–Crippen LogP) is 2.11. The lowest BCUT2D eigenvalue weighted by molar-refractivity contribution is -0.116. The maximum atomic E-state index is 12.4. The lowest BCUT2D eigenvalue weighted by Crippen LogP contribution is -2.25. The Morgan fingerprint density at radius 1 is 1.07 bits per heavy atom. The number of phenolic OH excluding ortho intramolecular Hbond substituents is 1. The van der Waals surface area contributed by atoms with Crippen LogP contribution in [0, 0.1) is 13.8 Å². The molecule has 3 aromatic heterocycles. The Balaban J connectivity index is 1.68. The van der Waals surface area contributed by atoms with Gasteiger partial charge in [-0.1, -0.05) is 12.1 Å². The molecule has 0 radical (unpaired) electrons. The first-order chi connectivity index (χ1) is 13.5. The van der Waals surface area contributed by atoms with Gasteiger partial charge >= 0.3 is 0 Å². The molecular weight excluding hydrogens is 358 g/mol. The van der Waals surface area contributed by atoms with Crippen LogP contribution in [0.3, 0.4) is 0 Å². The summed E-state index contributed by atoms with van der Waals surface area (Å²) in [6.45, 7) is 3.74. The maximum Gasteiger partial charge on any atom is 0.226 e. The van der Waals surface area contributed by atoms with Crippen molar-refractivity contribution in [3.8, 4) is 11.6 Å². The molecule has 0 unspecified atom stereocenters. The second-order valence-electron chi connectivity index (χ2n) is 6.86. The molecule has 4 heterocycles. The van der Waals surface area contributed by atoms with E-state index in [1.807, 2.05) is 32.0 Å². The van der Waals surface area contributed by atoms with Crippen LogP contribution in [0.25, 0.3) is 11.5 Å². The number of hydrogen-bond acceptors (Lipinski definition) is 6. The van der Waals surface area contributed by atoms with E-state index < -0.39 is 0 Å². The first-order valence-corrected chi connectivity index (χ1v) is 8.89. The van der Waals surface area contributed by atoms with Gasteiger partial charge in [0.2, 0.25) is 5.91 Å². The number of amides is 1. The highest BCUT2D eigenvalue weighted by Crippen LogP contribution is 2.40. The highest BCUT2D eigenvalue weighted by Gasteiger charge is 2.33. The summed E-state index contributed by atoms with van der Waals surface area (Å²) < 4.78 is 3.29. The fourth-order valence-corrected chi connectivity index (χ4v) is 3.70. The van der Waals surface area contributed by atoms with E-state index in [9.17, 15) is 9.90 Å². The van der Waals surface area contributed by atoms with Crippen LogP contribution in [0.1, 0.15) is 35.0 Å². The van der Waals surface area contributed by atoms with E-state index in [1.165, 1.54) is 0 Å². The van der Waals surface area contributed by atoms with Gasteiger partial charge in [0.05, 0.1) is 5.69 Å². The molecule has 0 saturated heterocycles. The van der Waals surface area contributed by atoms with E-state index in [0.717, 1.165) is 16.8 Å². The number of hydrogen-bond donors (Lipinski definition) is 2. The van der Waals surface area contributed by atoms with E-state index in [0.29, 0.717) is 29.5 Å². The van der Waals surface area contributed by atoms with Gasteiger partial charge in [-0.15, -0.1) is 15.3 Å². The highest BCUT2D eigenvalue weighted by molar-refractivity contribution is 5.95. The molecule has 1 aromatic carbocycles. The van der Waals surface area contributed by atoms with Crippen LogP contribution in [-0.2, 0) is 4.79 Å². The van der Waals surface area contributed by atoms with Crippen molar-refractivity contribution in [3.05, 3.63) is 59.0 Å². The normalized spacial score (nSPS) is 16.2. The van der Waals surface area contributed by atoms with Crippen LogP contribution in [-0.4, -0.2) is 40.6 Å². The first-order valence-electron chi connectivity index (χ1n) is 8.89. The zero-order valence-electron chi connectivity index (χ0n) is 15.3. The van der Waals surface area contributed by atoms with Crippen molar-refractivity contribution in [3.63, 3.8) is 0 Å². The number of phenols is 1. The highest BCUT2D eigenvalue weighted by atomic mass is 16.3. The summed E-state index contributed by atoms with van der Waals surface area (Å²) in [5, 5.41) is 29.8. The van der Waals surface area contributed by atoms with Gasteiger partial charge in [0, 0.05) is 17.9 Å². The summed E-state index contributed by atoms with van der Waals surface area (Å²) in [5.41, 5.74) is 3.36. The Bertz CT molecular complexity index is 1220. The number of aromatic hydroxyl groups is 1. The van der Waals surface area contributed by atoms with Gasteiger partial charge in [0.25, 0.3) is 0 Å². The largest absolute Gasteiger partial charge is 0.508 e. The lowest BCUT2D eigenvalue weighted by atomic mass is 9.86. The topological polar surface area (TPSA) is 110 Å². The number of fused-ring (bicyclic) bond motifs is 2. The molecule has 0 saturated carbocycles. The van der Waals surface area contributed by atoms with Gasteiger partial charge in [-0.2, -0.15) is 14.3 Å². The van der Waals surface area contributed by atoms with Crippen LogP contribution in [0.2, 0.25) is 0 Å². The van der Waals surface area contributed by atoms with Crippen molar-refractivity contribution in [1.82, 2.24) is 29.6 Å². The predicted molar refractivity (Wildman–Crippen MR) is 101 cm³/mol. The average Bonchev–Trinajstić information content (AvgIpc) is 3.22. The minimum Gasteiger partial charge on any atom is -0.508 e. The molecule has 0 fully saturated rings. The number of aryl methyl sites for hydroxylation is 2. The molecule has 1 aliphatic heterocycles. The Morgan fingerprint density at radius 2 is 1.86 bits per heavy atom. The zero-order valence-corrected chi connectivity index (χ0v) is 15.3. The Kier molecular flexibility index (Phi) is 3.45. The van der Waals surface area contributed by atoms with Gasteiger partial charge in [-0.3, -0.25) is 4.79 Å². The van der Waals surface area contributed by atoms with E-state index in [4.69, 9.17) is 0 Å². The van der Waals surface area contributed by atoms with Crippen molar-refractivity contribution < 1.29 is 9.90 Å². The standard InChI is InChI=1S/C19H17N7O2/c1-10-18-14(12-3-5-13(27)6-4-12)9-17(28)20-19(18)26(23-10)16-8-7-15-22-21-11(2)25(15)24-16/h3-8,14,27H,9H2,1-2H3,(H,20,28)/t14-/m0/s1. The van der Waals surface area contributed by atoms with Crippen molar-refractivity contribution >= 4 is 17.4 Å². The quantitative estimate of drug-likeness (QED) is 0.555. The van der Waals surface area contributed by atoms with Crippen LogP contribution in [0.15, 0.2) is 36.4 Å². The zero-order chi connectivity index (χ0) is 19.4. The second-order valence-corrected chi connectivity index (χ2v) is 6.86. The molecule has 0 bridgehead atoms. The number of carbonyl (C=O) groups is 1. The molecule has 28 heavy (non-hydrogen) atoms. The van der Waals surface area contributed by atoms with Crippen molar-refractivity contribution in [2.45, 2.75) is 26.2 Å². The van der Waals surface area contributed by atoms with Gasteiger partial charge in [0.15, 0.2) is 17.3 Å². The van der Waals surface area contributed by atoms with Gasteiger partial charge in [-0.25, -0.2) is 0 Å². The minimum atomic E-state index is -0.140. The second kappa shape index (κ2) is 5.88. The number of nitrogens with one attached hydrogen (secondary N) is 1. The summed E-state index contributed by atoms with van der Waals surface area (Å²) in [5.74, 6) is 1.81. The Hall–Kier alpha value is -3.75. The Morgan fingerprint density at radius 3 is 2.64 bits per heavy atom. The monoisotopic (exact) mass is 375 g/mol.